The van der Waals surface area contributed by atoms with E-state index in [-0.39, 0.29) is 18.1 Å². The highest BCUT2D eigenvalue weighted by molar-refractivity contribution is 5.81. The minimum Gasteiger partial charge on any atom is -0.364 e. The summed E-state index contributed by atoms with van der Waals surface area (Å²) in [5.74, 6) is 0.694. The fourth-order valence-electron chi connectivity index (χ4n) is 4.14. The Morgan fingerprint density at radius 2 is 2.04 bits per heavy atom. The molecule has 1 aliphatic carbocycles. The van der Waals surface area contributed by atoms with Crippen LogP contribution in [0.5, 0.6) is 0 Å². The summed E-state index contributed by atoms with van der Waals surface area (Å²) in [6.45, 7) is 3.19. The van der Waals surface area contributed by atoms with Crippen molar-refractivity contribution >= 4 is 5.91 Å². The van der Waals surface area contributed by atoms with Crippen molar-refractivity contribution in [3.63, 3.8) is 0 Å². The van der Waals surface area contributed by atoms with Crippen molar-refractivity contribution in [3.05, 3.63) is 35.9 Å². The smallest absolute Gasteiger partial charge is 0.249 e. The third-order valence-corrected chi connectivity index (χ3v) is 5.94. The number of hydrogen-bond donors (Lipinski definition) is 1. The zero-order chi connectivity index (χ0) is 16.4. The van der Waals surface area contributed by atoms with Crippen LogP contribution in [0.1, 0.15) is 37.7 Å². The molecule has 4 rings (SSSR count). The Morgan fingerprint density at radius 1 is 1.21 bits per heavy atom. The number of piperidine rings is 1. The molecule has 0 radical (unpaired) electrons. The highest BCUT2D eigenvalue weighted by Gasteiger charge is 2.42. The number of amides is 1. The van der Waals surface area contributed by atoms with E-state index < -0.39 is 0 Å². The first-order valence-electron chi connectivity index (χ1n) is 9.50. The number of benzene rings is 1. The van der Waals surface area contributed by atoms with Gasteiger partial charge in [0.2, 0.25) is 5.91 Å². The van der Waals surface area contributed by atoms with Crippen molar-refractivity contribution in [2.75, 3.05) is 19.6 Å². The zero-order valence-electron chi connectivity index (χ0n) is 14.3. The van der Waals surface area contributed by atoms with Crippen molar-refractivity contribution in [1.82, 2.24) is 10.2 Å². The molecule has 3 aliphatic rings. The third-order valence-electron chi connectivity index (χ3n) is 5.94. The fraction of sp³-hybridized carbons (Fsp3) is 0.650. The van der Waals surface area contributed by atoms with Gasteiger partial charge in [-0.15, -0.1) is 0 Å². The fourth-order valence-corrected chi connectivity index (χ4v) is 4.14. The third kappa shape index (κ3) is 3.65. The Morgan fingerprint density at radius 3 is 2.79 bits per heavy atom. The topological polar surface area (TPSA) is 41.6 Å². The van der Waals surface area contributed by atoms with E-state index in [0.29, 0.717) is 12.0 Å². The molecule has 0 spiro atoms. The minimum atomic E-state index is -0.213. The van der Waals surface area contributed by atoms with Crippen LogP contribution in [0.4, 0.5) is 0 Å². The van der Waals surface area contributed by atoms with E-state index in [1.165, 1.54) is 12.0 Å². The van der Waals surface area contributed by atoms with Gasteiger partial charge in [-0.3, -0.25) is 4.79 Å². The number of nitrogens with zero attached hydrogens (tertiary/aromatic N) is 1. The first-order chi connectivity index (χ1) is 11.8. The molecule has 24 heavy (non-hydrogen) atoms. The lowest BCUT2D eigenvalue weighted by atomic mass is 9.90. The largest absolute Gasteiger partial charge is 0.364 e. The predicted octanol–water partition coefficient (Wildman–Crippen LogP) is 2.38. The molecule has 1 aromatic carbocycles. The maximum atomic E-state index is 12.3. The van der Waals surface area contributed by atoms with E-state index >= 15 is 0 Å². The van der Waals surface area contributed by atoms with Crippen molar-refractivity contribution in [2.24, 2.45) is 5.92 Å². The standard InChI is InChI=1S/C20H28N2O2/c23-20(21-17-7-4-8-17)18-13-16-10-12-22(14-19(16)24-18)11-9-15-5-2-1-3-6-15/h1-3,5-6,16-19H,4,7-14H2,(H,21,23)/t16-,18+,19-/m1/s1. The second-order valence-electron chi connectivity index (χ2n) is 7.62. The number of ether oxygens (including phenoxy) is 1. The Labute approximate surface area is 144 Å². The maximum absolute atomic E-state index is 12.3. The van der Waals surface area contributed by atoms with Crippen LogP contribution in [0, 0.1) is 5.92 Å². The number of likely N-dealkylation sites (tertiary alicyclic amines) is 1. The summed E-state index contributed by atoms with van der Waals surface area (Å²) in [5, 5.41) is 3.15. The van der Waals surface area contributed by atoms with Gasteiger partial charge in [-0.05, 0) is 56.6 Å². The molecule has 130 valence electrons. The molecule has 0 unspecified atom stereocenters. The summed E-state index contributed by atoms with van der Waals surface area (Å²) >= 11 is 0. The number of carbonyl (C=O) groups excluding carboxylic acids is 1. The molecule has 3 fully saturated rings. The summed E-state index contributed by atoms with van der Waals surface area (Å²) in [4.78, 5) is 14.8. The Hall–Kier alpha value is -1.39. The Bertz CT molecular complexity index is 558. The van der Waals surface area contributed by atoms with Crippen LogP contribution in [0.2, 0.25) is 0 Å². The number of rotatable bonds is 5. The average Bonchev–Trinajstić information content (AvgIpc) is 3.00. The van der Waals surface area contributed by atoms with Crippen LogP contribution >= 0.6 is 0 Å². The van der Waals surface area contributed by atoms with Gasteiger partial charge in [-0.2, -0.15) is 0 Å². The number of nitrogens with one attached hydrogen (secondary N) is 1. The van der Waals surface area contributed by atoms with Crippen molar-refractivity contribution < 1.29 is 9.53 Å². The molecule has 2 aliphatic heterocycles. The minimum absolute atomic E-state index is 0.130. The van der Waals surface area contributed by atoms with Crippen LogP contribution in [-0.4, -0.2) is 48.7 Å². The Kier molecular flexibility index (Phi) is 4.86. The molecule has 3 atom stereocenters. The summed E-state index contributed by atoms with van der Waals surface area (Å²) in [5.41, 5.74) is 1.39. The van der Waals surface area contributed by atoms with Gasteiger partial charge in [0.25, 0.3) is 0 Å². The monoisotopic (exact) mass is 328 g/mol. The van der Waals surface area contributed by atoms with Gasteiger partial charge < -0.3 is 15.0 Å². The molecule has 1 amide bonds. The van der Waals surface area contributed by atoms with Crippen LogP contribution in [0.3, 0.4) is 0 Å². The number of fused-ring (bicyclic) bond motifs is 1. The van der Waals surface area contributed by atoms with E-state index in [0.717, 1.165) is 51.7 Å². The van der Waals surface area contributed by atoms with E-state index in [4.69, 9.17) is 4.74 Å². The zero-order valence-corrected chi connectivity index (χ0v) is 14.3. The van der Waals surface area contributed by atoms with E-state index in [9.17, 15) is 4.79 Å². The van der Waals surface area contributed by atoms with Crippen LogP contribution in [0.15, 0.2) is 30.3 Å². The van der Waals surface area contributed by atoms with Crippen molar-refractivity contribution in [2.45, 2.75) is 56.8 Å². The summed E-state index contributed by atoms with van der Waals surface area (Å²) in [7, 11) is 0. The van der Waals surface area contributed by atoms with Gasteiger partial charge >= 0.3 is 0 Å². The highest BCUT2D eigenvalue weighted by atomic mass is 16.5. The molecular formula is C20H28N2O2. The number of carbonyl (C=O) groups is 1. The Balaban J connectivity index is 1.25. The molecule has 4 heteroatoms. The molecule has 4 nitrogen and oxygen atoms in total. The average molecular weight is 328 g/mol. The van der Waals surface area contributed by atoms with Gasteiger partial charge in [0.1, 0.15) is 6.10 Å². The van der Waals surface area contributed by atoms with Crippen LogP contribution in [-0.2, 0) is 16.0 Å². The first-order valence-corrected chi connectivity index (χ1v) is 9.50. The SMILES string of the molecule is O=C(NC1CCC1)[C@@H]1C[C@H]2CCN(CCc3ccccc3)C[C@H]2O1. The first kappa shape index (κ1) is 16.1. The van der Waals surface area contributed by atoms with Gasteiger partial charge in [-0.1, -0.05) is 30.3 Å². The van der Waals surface area contributed by atoms with E-state index in [1.54, 1.807) is 0 Å². The van der Waals surface area contributed by atoms with Gasteiger partial charge in [-0.25, -0.2) is 0 Å². The van der Waals surface area contributed by atoms with Crippen molar-refractivity contribution in [3.8, 4) is 0 Å². The molecule has 2 heterocycles. The quantitative estimate of drug-likeness (QED) is 0.902. The molecule has 1 aromatic rings. The van der Waals surface area contributed by atoms with Gasteiger partial charge in [0, 0.05) is 19.1 Å². The molecule has 0 bridgehead atoms. The van der Waals surface area contributed by atoms with Crippen LogP contribution in [0.25, 0.3) is 0 Å². The second kappa shape index (κ2) is 7.24. The van der Waals surface area contributed by atoms with Gasteiger partial charge in [0.05, 0.1) is 6.10 Å². The normalized spacial score (nSPS) is 30.6. The molecule has 2 saturated heterocycles. The van der Waals surface area contributed by atoms with Gasteiger partial charge in [0.15, 0.2) is 0 Å². The number of hydrogen-bond acceptors (Lipinski definition) is 3. The second-order valence-corrected chi connectivity index (χ2v) is 7.62. The highest BCUT2D eigenvalue weighted by Crippen LogP contribution is 2.33. The summed E-state index contributed by atoms with van der Waals surface area (Å²) in [6.07, 6.45) is 6.71. The lowest BCUT2D eigenvalue weighted by Crippen LogP contribution is -2.45. The van der Waals surface area contributed by atoms with Crippen LogP contribution < -0.4 is 5.32 Å². The molecular weight excluding hydrogens is 300 g/mol. The predicted molar refractivity (Wildman–Crippen MR) is 93.8 cm³/mol. The summed E-state index contributed by atoms with van der Waals surface area (Å²) in [6, 6.07) is 11.1. The summed E-state index contributed by atoms with van der Waals surface area (Å²) < 4.78 is 6.13. The molecule has 1 N–H and O–H groups in total. The van der Waals surface area contributed by atoms with E-state index in [2.05, 4.69) is 40.5 Å². The molecule has 0 aromatic heterocycles. The maximum Gasteiger partial charge on any atom is 0.249 e. The van der Waals surface area contributed by atoms with Crippen molar-refractivity contribution in [1.29, 1.82) is 0 Å². The van der Waals surface area contributed by atoms with E-state index in [1.807, 2.05) is 0 Å². The molecule has 1 saturated carbocycles. The lowest BCUT2D eigenvalue weighted by Gasteiger charge is -2.34. The lowest BCUT2D eigenvalue weighted by molar-refractivity contribution is -0.134.